The lowest BCUT2D eigenvalue weighted by Crippen LogP contribution is -2.16. The standard InChI is InChI=1S/C18H17O5P/c1-14(21-16-10-3-2-4-11-16)22-24(19,20)23-18-13-7-9-15-8-5-6-12-17(15)18/h2-14H,1H3,(H,19,20). The molecule has 0 aromatic heterocycles. The molecule has 2 unspecified atom stereocenters. The average molecular weight is 344 g/mol. The van der Waals surface area contributed by atoms with Gasteiger partial charge in [0, 0.05) is 5.39 Å². The molecule has 5 nitrogen and oxygen atoms in total. The number of fused-ring (bicyclic) bond motifs is 1. The molecule has 0 bridgehead atoms. The van der Waals surface area contributed by atoms with Crippen molar-refractivity contribution in [3.63, 3.8) is 0 Å². The first-order chi connectivity index (χ1) is 11.5. The lowest BCUT2D eigenvalue weighted by Gasteiger charge is -2.19. The van der Waals surface area contributed by atoms with Crippen LogP contribution in [0.1, 0.15) is 6.92 Å². The van der Waals surface area contributed by atoms with Gasteiger partial charge in [-0.25, -0.2) is 9.09 Å². The van der Waals surface area contributed by atoms with Crippen LogP contribution < -0.4 is 9.26 Å². The molecule has 1 N–H and O–H groups in total. The molecule has 3 aromatic rings. The second-order valence-corrected chi connectivity index (χ2v) is 6.47. The van der Waals surface area contributed by atoms with E-state index in [1.165, 1.54) is 6.92 Å². The second kappa shape index (κ2) is 7.05. The van der Waals surface area contributed by atoms with Gasteiger partial charge in [0.05, 0.1) is 0 Å². The number of phosphoric ester groups is 1. The van der Waals surface area contributed by atoms with Crippen LogP contribution in [-0.2, 0) is 9.09 Å². The maximum Gasteiger partial charge on any atom is 0.530 e. The summed E-state index contributed by atoms with van der Waals surface area (Å²) in [6.45, 7) is 1.53. The van der Waals surface area contributed by atoms with Crippen LogP contribution >= 0.6 is 7.82 Å². The molecule has 0 saturated carbocycles. The zero-order valence-corrected chi connectivity index (χ0v) is 13.9. The zero-order chi connectivity index (χ0) is 17.0. The quantitative estimate of drug-likeness (QED) is 0.516. The smallest absolute Gasteiger partial charge is 0.465 e. The van der Waals surface area contributed by atoms with Crippen LogP contribution in [0.3, 0.4) is 0 Å². The molecule has 0 amide bonds. The molecular formula is C18H17O5P. The van der Waals surface area contributed by atoms with Crippen LogP contribution in [0.15, 0.2) is 72.8 Å². The van der Waals surface area contributed by atoms with Crippen molar-refractivity contribution in [3.8, 4) is 11.5 Å². The first kappa shape index (κ1) is 16.5. The third-order valence-corrected chi connectivity index (χ3v) is 4.28. The zero-order valence-electron chi connectivity index (χ0n) is 13.0. The largest absolute Gasteiger partial charge is 0.530 e. The Bertz CT molecular complexity index is 860. The Morgan fingerprint density at radius 2 is 1.58 bits per heavy atom. The van der Waals surface area contributed by atoms with Crippen molar-refractivity contribution in [1.29, 1.82) is 0 Å². The molecule has 3 aromatic carbocycles. The monoisotopic (exact) mass is 344 g/mol. The number of ether oxygens (including phenoxy) is 1. The molecule has 0 aliphatic rings. The minimum atomic E-state index is -4.34. The van der Waals surface area contributed by atoms with Gasteiger partial charge >= 0.3 is 7.82 Å². The van der Waals surface area contributed by atoms with Crippen LogP contribution in [-0.4, -0.2) is 11.2 Å². The van der Waals surface area contributed by atoms with Crippen LogP contribution in [0.2, 0.25) is 0 Å². The summed E-state index contributed by atoms with van der Waals surface area (Å²) in [7, 11) is -4.34. The fourth-order valence-corrected chi connectivity index (χ4v) is 3.19. The minimum Gasteiger partial charge on any atom is -0.465 e. The Kier molecular flexibility index (Phi) is 4.86. The van der Waals surface area contributed by atoms with Gasteiger partial charge in [0.15, 0.2) is 0 Å². The number of benzene rings is 3. The second-order valence-electron chi connectivity index (χ2n) is 5.14. The third-order valence-electron chi connectivity index (χ3n) is 3.29. The maximum absolute atomic E-state index is 12.3. The van der Waals surface area contributed by atoms with Gasteiger partial charge in [-0.2, -0.15) is 0 Å². The SMILES string of the molecule is CC(Oc1ccccc1)OP(=O)(O)Oc1cccc2ccccc12. The van der Waals surface area contributed by atoms with Gasteiger partial charge in [-0.3, -0.25) is 4.89 Å². The third kappa shape index (κ3) is 4.15. The molecule has 0 saturated heterocycles. The topological polar surface area (TPSA) is 65.0 Å². The van der Waals surface area contributed by atoms with E-state index in [1.54, 1.807) is 36.4 Å². The fourth-order valence-electron chi connectivity index (χ4n) is 2.32. The number of para-hydroxylation sites is 1. The predicted octanol–water partition coefficient (Wildman–Crippen LogP) is 4.76. The molecule has 0 radical (unpaired) electrons. The molecule has 0 aliphatic heterocycles. The van der Waals surface area contributed by atoms with E-state index in [1.807, 2.05) is 36.4 Å². The summed E-state index contributed by atoms with van der Waals surface area (Å²) in [6.07, 6.45) is -0.946. The van der Waals surface area contributed by atoms with Gasteiger partial charge in [0.2, 0.25) is 6.29 Å². The van der Waals surface area contributed by atoms with E-state index in [9.17, 15) is 9.46 Å². The molecule has 124 valence electrons. The van der Waals surface area contributed by atoms with Crippen molar-refractivity contribution in [1.82, 2.24) is 0 Å². The lowest BCUT2D eigenvalue weighted by atomic mass is 10.1. The van der Waals surface area contributed by atoms with E-state index in [2.05, 4.69) is 0 Å². The molecule has 24 heavy (non-hydrogen) atoms. The first-order valence-corrected chi connectivity index (χ1v) is 8.93. The average Bonchev–Trinajstić information content (AvgIpc) is 2.55. The fraction of sp³-hybridized carbons (Fsp3) is 0.111. The first-order valence-electron chi connectivity index (χ1n) is 7.44. The van der Waals surface area contributed by atoms with Crippen molar-refractivity contribution in [2.45, 2.75) is 13.2 Å². The number of rotatable bonds is 6. The Balaban J connectivity index is 1.72. The predicted molar refractivity (Wildman–Crippen MR) is 92.0 cm³/mol. The highest BCUT2D eigenvalue weighted by molar-refractivity contribution is 7.47. The van der Waals surface area contributed by atoms with E-state index in [0.717, 1.165) is 10.8 Å². The number of phosphoric acid groups is 1. The highest BCUT2D eigenvalue weighted by Gasteiger charge is 2.28. The summed E-state index contributed by atoms with van der Waals surface area (Å²) in [5, 5.41) is 1.64. The molecule has 3 rings (SSSR count). The summed E-state index contributed by atoms with van der Waals surface area (Å²) in [4.78, 5) is 10.0. The van der Waals surface area contributed by atoms with Gasteiger partial charge in [-0.1, -0.05) is 54.6 Å². The van der Waals surface area contributed by atoms with E-state index in [-0.39, 0.29) is 5.75 Å². The maximum atomic E-state index is 12.3. The highest BCUT2D eigenvalue weighted by atomic mass is 31.2. The van der Waals surface area contributed by atoms with Crippen LogP contribution in [0.5, 0.6) is 11.5 Å². The van der Waals surface area contributed by atoms with E-state index < -0.39 is 14.1 Å². The van der Waals surface area contributed by atoms with Gasteiger partial charge in [-0.05, 0) is 30.5 Å². The summed E-state index contributed by atoms with van der Waals surface area (Å²) >= 11 is 0. The van der Waals surface area contributed by atoms with Crippen LogP contribution in [0, 0.1) is 0 Å². The van der Waals surface area contributed by atoms with Crippen LogP contribution in [0.4, 0.5) is 0 Å². The molecule has 0 aliphatic carbocycles. The molecule has 0 fully saturated rings. The lowest BCUT2D eigenvalue weighted by molar-refractivity contribution is 0.00121. The summed E-state index contributed by atoms with van der Waals surface area (Å²) in [6, 6.07) is 21.6. The van der Waals surface area contributed by atoms with Crippen molar-refractivity contribution in [2.75, 3.05) is 0 Å². The van der Waals surface area contributed by atoms with Gasteiger partial charge in [0.25, 0.3) is 0 Å². The summed E-state index contributed by atoms with van der Waals surface area (Å²) in [5.74, 6) is 0.820. The molecule has 0 spiro atoms. The Labute approximate surface area is 140 Å². The molecule has 6 heteroatoms. The van der Waals surface area contributed by atoms with Crippen molar-refractivity contribution in [2.24, 2.45) is 0 Å². The highest BCUT2D eigenvalue weighted by Crippen LogP contribution is 2.46. The van der Waals surface area contributed by atoms with Gasteiger partial charge in [0.1, 0.15) is 11.5 Å². The Hall–Kier alpha value is -2.33. The summed E-state index contributed by atoms with van der Waals surface area (Å²) in [5.41, 5.74) is 0. The Morgan fingerprint density at radius 1 is 0.917 bits per heavy atom. The number of hydrogen-bond donors (Lipinski definition) is 1. The normalized spacial score (nSPS) is 14.8. The van der Waals surface area contributed by atoms with E-state index >= 15 is 0 Å². The molecule has 2 atom stereocenters. The molecule has 0 heterocycles. The van der Waals surface area contributed by atoms with Crippen LogP contribution in [0.25, 0.3) is 10.8 Å². The molecular weight excluding hydrogens is 327 g/mol. The van der Waals surface area contributed by atoms with Gasteiger partial charge < -0.3 is 9.26 Å². The van der Waals surface area contributed by atoms with E-state index in [0.29, 0.717) is 5.75 Å². The van der Waals surface area contributed by atoms with Crippen molar-refractivity contribution < 1.29 is 23.2 Å². The minimum absolute atomic E-state index is 0.283. The van der Waals surface area contributed by atoms with Crippen molar-refractivity contribution in [3.05, 3.63) is 72.8 Å². The van der Waals surface area contributed by atoms with Gasteiger partial charge in [-0.15, -0.1) is 0 Å². The van der Waals surface area contributed by atoms with Crippen molar-refractivity contribution >= 4 is 18.6 Å². The number of hydrogen-bond acceptors (Lipinski definition) is 4. The Morgan fingerprint density at radius 3 is 2.38 bits per heavy atom. The van der Waals surface area contributed by atoms with E-state index in [4.69, 9.17) is 13.8 Å². The summed E-state index contributed by atoms with van der Waals surface area (Å²) < 4.78 is 28.0.